The summed E-state index contributed by atoms with van der Waals surface area (Å²) in [6.07, 6.45) is 4.28. The van der Waals surface area contributed by atoms with Gasteiger partial charge in [0, 0.05) is 36.4 Å². The summed E-state index contributed by atoms with van der Waals surface area (Å²) in [6.45, 7) is 3.35. The fraction of sp³-hybridized carbons (Fsp3) is 0.375. The van der Waals surface area contributed by atoms with Gasteiger partial charge in [0.25, 0.3) is 0 Å². The number of nitrogens with one attached hydrogen (secondary N) is 2. The lowest BCUT2D eigenvalue weighted by atomic mass is 10.0. The smallest absolute Gasteiger partial charge is 0.319 e. The molecular weight excluding hydrogens is 376 g/mol. The summed E-state index contributed by atoms with van der Waals surface area (Å²) in [5.41, 5.74) is 3.12. The molecule has 160 valence electrons. The van der Waals surface area contributed by atoms with E-state index in [0.717, 1.165) is 24.3 Å². The van der Waals surface area contributed by atoms with Crippen LogP contribution in [0.15, 0.2) is 54.7 Å². The van der Waals surface area contributed by atoms with Crippen molar-refractivity contribution >= 4 is 22.6 Å². The van der Waals surface area contributed by atoms with Crippen LogP contribution in [0.25, 0.3) is 10.9 Å². The Balaban J connectivity index is 1.60. The number of likely N-dealkylation sites (N-methyl/N-ethyl adjacent to an activating group) is 1. The van der Waals surface area contributed by atoms with Gasteiger partial charge >= 0.3 is 6.03 Å². The Kier molecular flexibility index (Phi) is 7.36. The summed E-state index contributed by atoms with van der Waals surface area (Å²) in [5, 5.41) is 7.11. The van der Waals surface area contributed by atoms with E-state index in [-0.39, 0.29) is 12.1 Å². The topological polar surface area (TPSA) is 58.5 Å². The molecule has 0 bridgehead atoms. The van der Waals surface area contributed by atoms with Crippen molar-refractivity contribution in [2.75, 3.05) is 32.6 Å². The number of nitrogens with zero attached hydrogens (tertiary/aromatic N) is 2. The molecule has 6 nitrogen and oxygen atoms in total. The van der Waals surface area contributed by atoms with Crippen LogP contribution in [-0.2, 0) is 7.05 Å². The largest absolute Gasteiger partial charge is 0.494 e. The van der Waals surface area contributed by atoms with E-state index in [2.05, 4.69) is 45.4 Å². The average Bonchev–Trinajstić information content (AvgIpc) is 3.06. The average molecular weight is 409 g/mol. The minimum absolute atomic E-state index is 0.0659. The minimum atomic E-state index is -0.221. The highest BCUT2D eigenvalue weighted by molar-refractivity contribution is 5.89. The molecule has 2 N–H and O–H groups in total. The molecule has 0 spiro atoms. The van der Waals surface area contributed by atoms with Gasteiger partial charge in [0.2, 0.25) is 0 Å². The molecule has 0 aliphatic heterocycles. The number of anilines is 1. The number of ether oxygens (including phenoxy) is 1. The Morgan fingerprint density at radius 1 is 1.13 bits per heavy atom. The predicted molar refractivity (Wildman–Crippen MR) is 123 cm³/mol. The van der Waals surface area contributed by atoms with Gasteiger partial charge in [-0.15, -0.1) is 0 Å². The highest BCUT2D eigenvalue weighted by Crippen LogP contribution is 2.28. The van der Waals surface area contributed by atoms with Crippen LogP contribution in [0.3, 0.4) is 0 Å². The Hall–Kier alpha value is -2.99. The van der Waals surface area contributed by atoms with Crippen molar-refractivity contribution < 1.29 is 9.53 Å². The predicted octanol–water partition coefficient (Wildman–Crippen LogP) is 4.78. The van der Waals surface area contributed by atoms with Crippen LogP contribution in [-0.4, -0.2) is 42.7 Å². The van der Waals surface area contributed by atoms with E-state index in [9.17, 15) is 4.79 Å². The zero-order valence-corrected chi connectivity index (χ0v) is 18.3. The van der Waals surface area contributed by atoms with Gasteiger partial charge in [-0.3, -0.25) is 0 Å². The number of aromatic nitrogens is 1. The molecule has 0 radical (unpaired) electrons. The SMILES string of the molecule is CCCCOc1ccc(NC(=O)NCC(c2cn(C)c3ccccc23)N(C)C)cc1. The Morgan fingerprint density at radius 3 is 2.57 bits per heavy atom. The maximum Gasteiger partial charge on any atom is 0.319 e. The second-order valence-electron chi connectivity index (χ2n) is 7.75. The molecule has 0 fully saturated rings. The third-order valence-electron chi connectivity index (χ3n) is 5.24. The molecule has 6 heteroatoms. The van der Waals surface area contributed by atoms with Gasteiger partial charge in [0.05, 0.1) is 12.6 Å². The van der Waals surface area contributed by atoms with E-state index in [1.165, 1.54) is 16.5 Å². The number of aryl methyl sites for hydroxylation is 1. The van der Waals surface area contributed by atoms with Crippen LogP contribution in [0.1, 0.15) is 31.4 Å². The molecule has 1 unspecified atom stereocenters. The lowest BCUT2D eigenvalue weighted by Crippen LogP contribution is -2.36. The minimum Gasteiger partial charge on any atom is -0.494 e. The van der Waals surface area contributed by atoms with Crippen LogP contribution in [0, 0.1) is 0 Å². The molecule has 3 aromatic rings. The van der Waals surface area contributed by atoms with Crippen molar-refractivity contribution in [1.82, 2.24) is 14.8 Å². The third-order valence-corrected chi connectivity index (χ3v) is 5.24. The van der Waals surface area contributed by atoms with Gasteiger partial charge in [0.15, 0.2) is 0 Å². The van der Waals surface area contributed by atoms with E-state index in [1.807, 2.05) is 57.5 Å². The number of carbonyl (C=O) groups is 1. The molecule has 2 amide bonds. The van der Waals surface area contributed by atoms with Crippen molar-refractivity contribution in [2.24, 2.45) is 7.05 Å². The molecule has 0 aliphatic rings. The molecule has 3 rings (SSSR count). The zero-order chi connectivity index (χ0) is 21.5. The number of amides is 2. The Morgan fingerprint density at radius 2 is 1.87 bits per heavy atom. The number of rotatable bonds is 9. The second kappa shape index (κ2) is 10.2. The van der Waals surface area contributed by atoms with E-state index < -0.39 is 0 Å². The number of urea groups is 1. The van der Waals surface area contributed by atoms with Crippen molar-refractivity contribution in [3.05, 3.63) is 60.3 Å². The van der Waals surface area contributed by atoms with Crippen LogP contribution >= 0.6 is 0 Å². The maximum atomic E-state index is 12.5. The molecular formula is C24H32N4O2. The van der Waals surface area contributed by atoms with Gasteiger partial charge in [-0.2, -0.15) is 0 Å². The number of unbranched alkanes of at least 4 members (excludes halogenated alkanes) is 1. The van der Waals surface area contributed by atoms with E-state index in [1.54, 1.807) is 0 Å². The number of carbonyl (C=O) groups excluding carboxylic acids is 1. The Bertz CT molecular complexity index is 963. The van der Waals surface area contributed by atoms with Crippen molar-refractivity contribution in [3.63, 3.8) is 0 Å². The van der Waals surface area contributed by atoms with E-state index >= 15 is 0 Å². The molecule has 0 saturated carbocycles. The summed E-state index contributed by atoms with van der Waals surface area (Å²) < 4.78 is 7.79. The van der Waals surface area contributed by atoms with Gasteiger partial charge in [0.1, 0.15) is 5.75 Å². The fourth-order valence-corrected chi connectivity index (χ4v) is 3.54. The van der Waals surface area contributed by atoms with Crippen molar-refractivity contribution in [1.29, 1.82) is 0 Å². The molecule has 1 aromatic heterocycles. The van der Waals surface area contributed by atoms with Gasteiger partial charge in [-0.25, -0.2) is 4.79 Å². The van der Waals surface area contributed by atoms with Gasteiger partial charge < -0.3 is 24.8 Å². The van der Waals surface area contributed by atoms with Crippen LogP contribution in [0.2, 0.25) is 0 Å². The summed E-state index contributed by atoms with van der Waals surface area (Å²) in [4.78, 5) is 14.6. The quantitative estimate of drug-likeness (QED) is 0.501. The summed E-state index contributed by atoms with van der Waals surface area (Å²) >= 11 is 0. The molecule has 0 saturated heterocycles. The first-order chi connectivity index (χ1) is 14.5. The second-order valence-corrected chi connectivity index (χ2v) is 7.75. The van der Waals surface area contributed by atoms with Gasteiger partial charge in [-0.05, 0) is 56.4 Å². The summed E-state index contributed by atoms with van der Waals surface area (Å²) in [7, 11) is 6.11. The molecule has 1 atom stereocenters. The number of hydrogen-bond donors (Lipinski definition) is 2. The standard InChI is InChI=1S/C24H32N4O2/c1-5-6-15-30-19-13-11-18(12-14-19)26-24(29)25-16-23(27(2)3)21-17-28(4)22-10-8-7-9-20(21)22/h7-14,17,23H,5-6,15-16H2,1-4H3,(H2,25,26,29). The third kappa shape index (κ3) is 5.33. The van der Waals surface area contributed by atoms with Gasteiger partial charge in [-0.1, -0.05) is 31.5 Å². The van der Waals surface area contributed by atoms with E-state index in [0.29, 0.717) is 13.2 Å². The molecule has 30 heavy (non-hydrogen) atoms. The fourth-order valence-electron chi connectivity index (χ4n) is 3.54. The van der Waals surface area contributed by atoms with Crippen LogP contribution < -0.4 is 15.4 Å². The lowest BCUT2D eigenvalue weighted by molar-refractivity contribution is 0.243. The summed E-state index contributed by atoms with van der Waals surface area (Å²) in [5.74, 6) is 0.818. The highest BCUT2D eigenvalue weighted by atomic mass is 16.5. The first-order valence-electron chi connectivity index (χ1n) is 10.5. The maximum absolute atomic E-state index is 12.5. The van der Waals surface area contributed by atoms with Crippen LogP contribution in [0.5, 0.6) is 5.75 Å². The van der Waals surface area contributed by atoms with E-state index in [4.69, 9.17) is 4.74 Å². The highest BCUT2D eigenvalue weighted by Gasteiger charge is 2.20. The zero-order valence-electron chi connectivity index (χ0n) is 18.3. The molecule has 1 heterocycles. The lowest BCUT2D eigenvalue weighted by Gasteiger charge is -2.24. The van der Waals surface area contributed by atoms with Crippen molar-refractivity contribution in [3.8, 4) is 5.75 Å². The number of para-hydroxylation sites is 1. The van der Waals surface area contributed by atoms with Crippen LogP contribution in [0.4, 0.5) is 10.5 Å². The normalized spacial score (nSPS) is 12.2. The molecule has 0 aliphatic carbocycles. The number of hydrogen-bond acceptors (Lipinski definition) is 3. The van der Waals surface area contributed by atoms with Crippen molar-refractivity contribution in [2.45, 2.75) is 25.8 Å². The summed E-state index contributed by atoms with van der Waals surface area (Å²) in [6, 6.07) is 15.7. The number of benzene rings is 2. The first-order valence-corrected chi connectivity index (χ1v) is 10.5. The monoisotopic (exact) mass is 408 g/mol. The Labute approximate surface area is 178 Å². The number of fused-ring (bicyclic) bond motifs is 1. The first kappa shape index (κ1) is 21.7. The molecule has 2 aromatic carbocycles.